The Hall–Kier alpha value is -1.40. The van der Waals surface area contributed by atoms with Crippen molar-refractivity contribution in [1.82, 2.24) is 0 Å². The van der Waals surface area contributed by atoms with Crippen LogP contribution in [0.1, 0.15) is 6.42 Å². The number of hydrogen-bond donors (Lipinski definition) is 0. The van der Waals surface area contributed by atoms with E-state index in [1.165, 1.54) is 0 Å². The maximum absolute atomic E-state index is 8.51. The van der Waals surface area contributed by atoms with Crippen molar-refractivity contribution in [3.8, 4) is 11.8 Å². The Morgan fingerprint density at radius 3 is 2.87 bits per heavy atom. The van der Waals surface area contributed by atoms with Crippen LogP contribution in [0.25, 0.3) is 0 Å². The van der Waals surface area contributed by atoms with Crippen molar-refractivity contribution in [3.63, 3.8) is 0 Å². The average molecular weight is 225 g/mol. The average Bonchev–Trinajstić information content (AvgIpc) is 2.25. The third-order valence-electron chi connectivity index (χ3n) is 2.11. The molecule has 0 bridgehead atoms. The third kappa shape index (κ3) is 3.03. The molecule has 0 radical (unpaired) electrons. The SMILES string of the molecule is COc1ccc(Cl)cc1N(C)CCC#N. The highest BCUT2D eigenvalue weighted by Crippen LogP contribution is 2.30. The van der Waals surface area contributed by atoms with Crippen molar-refractivity contribution in [2.45, 2.75) is 6.42 Å². The summed E-state index contributed by atoms with van der Waals surface area (Å²) in [7, 11) is 3.52. The van der Waals surface area contributed by atoms with Gasteiger partial charge in [-0.05, 0) is 18.2 Å². The molecule has 0 aromatic heterocycles. The number of benzene rings is 1. The molecule has 0 heterocycles. The summed E-state index contributed by atoms with van der Waals surface area (Å²) in [4.78, 5) is 1.95. The second-order valence-electron chi connectivity index (χ2n) is 3.15. The van der Waals surface area contributed by atoms with Crippen LogP contribution in [-0.4, -0.2) is 20.7 Å². The maximum Gasteiger partial charge on any atom is 0.142 e. The molecule has 1 aromatic carbocycles. The number of anilines is 1. The first-order valence-corrected chi connectivity index (χ1v) is 4.98. The van der Waals surface area contributed by atoms with E-state index in [9.17, 15) is 0 Å². The van der Waals surface area contributed by atoms with Gasteiger partial charge < -0.3 is 9.64 Å². The van der Waals surface area contributed by atoms with E-state index in [4.69, 9.17) is 21.6 Å². The fourth-order valence-electron chi connectivity index (χ4n) is 1.30. The van der Waals surface area contributed by atoms with Gasteiger partial charge in [0.25, 0.3) is 0 Å². The van der Waals surface area contributed by atoms with Gasteiger partial charge in [-0.1, -0.05) is 11.6 Å². The van der Waals surface area contributed by atoms with E-state index in [2.05, 4.69) is 6.07 Å². The first-order chi connectivity index (χ1) is 7.19. The largest absolute Gasteiger partial charge is 0.495 e. The van der Waals surface area contributed by atoms with Gasteiger partial charge in [0.05, 0.1) is 25.3 Å². The van der Waals surface area contributed by atoms with E-state index in [1.807, 2.05) is 24.1 Å². The van der Waals surface area contributed by atoms with Crippen LogP contribution in [0.5, 0.6) is 5.75 Å². The molecule has 0 aliphatic rings. The molecule has 15 heavy (non-hydrogen) atoms. The zero-order valence-electron chi connectivity index (χ0n) is 8.83. The number of halogens is 1. The molecule has 0 amide bonds. The van der Waals surface area contributed by atoms with Crippen molar-refractivity contribution in [2.24, 2.45) is 0 Å². The summed E-state index contributed by atoms with van der Waals surface area (Å²) in [6, 6.07) is 7.54. The molecular formula is C11H13ClN2O. The number of nitrogens with zero attached hydrogens (tertiary/aromatic N) is 2. The van der Waals surface area contributed by atoms with Crippen molar-refractivity contribution >= 4 is 17.3 Å². The van der Waals surface area contributed by atoms with E-state index in [0.29, 0.717) is 18.0 Å². The monoisotopic (exact) mass is 224 g/mol. The minimum absolute atomic E-state index is 0.478. The molecule has 0 atom stereocenters. The Labute approximate surface area is 94.8 Å². The fourth-order valence-corrected chi connectivity index (χ4v) is 1.47. The minimum Gasteiger partial charge on any atom is -0.495 e. The van der Waals surface area contributed by atoms with Crippen LogP contribution < -0.4 is 9.64 Å². The summed E-state index contributed by atoms with van der Waals surface area (Å²) in [6.07, 6.45) is 0.478. The number of hydrogen-bond acceptors (Lipinski definition) is 3. The molecule has 0 aliphatic heterocycles. The smallest absolute Gasteiger partial charge is 0.142 e. The molecule has 0 aliphatic carbocycles. The number of rotatable bonds is 4. The summed E-state index contributed by atoms with van der Waals surface area (Å²) in [6.45, 7) is 0.660. The first-order valence-electron chi connectivity index (χ1n) is 4.60. The molecular weight excluding hydrogens is 212 g/mol. The van der Waals surface area contributed by atoms with Gasteiger partial charge in [-0.3, -0.25) is 0 Å². The van der Waals surface area contributed by atoms with E-state index in [0.717, 1.165) is 11.4 Å². The molecule has 1 aromatic rings. The van der Waals surface area contributed by atoms with Crippen LogP contribution in [-0.2, 0) is 0 Å². The second-order valence-corrected chi connectivity index (χ2v) is 3.58. The van der Waals surface area contributed by atoms with E-state index >= 15 is 0 Å². The Balaban J connectivity index is 2.90. The topological polar surface area (TPSA) is 36.3 Å². The van der Waals surface area contributed by atoms with Crippen LogP contribution >= 0.6 is 11.6 Å². The van der Waals surface area contributed by atoms with Crippen molar-refractivity contribution in [1.29, 1.82) is 5.26 Å². The molecule has 0 saturated carbocycles. The van der Waals surface area contributed by atoms with Crippen LogP contribution in [0.3, 0.4) is 0 Å². The molecule has 80 valence electrons. The quantitative estimate of drug-likeness (QED) is 0.789. The van der Waals surface area contributed by atoms with Gasteiger partial charge in [-0.15, -0.1) is 0 Å². The second kappa shape index (κ2) is 5.47. The van der Waals surface area contributed by atoms with Crippen molar-refractivity contribution < 1.29 is 4.74 Å². The van der Waals surface area contributed by atoms with E-state index < -0.39 is 0 Å². The summed E-state index contributed by atoms with van der Waals surface area (Å²) in [5.41, 5.74) is 0.903. The Bertz CT molecular complexity index is 373. The molecule has 0 saturated heterocycles. The standard InChI is InChI=1S/C11H13ClN2O/c1-14(7-3-6-13)10-8-9(12)4-5-11(10)15-2/h4-5,8H,3,7H2,1-2H3. The van der Waals surface area contributed by atoms with Gasteiger partial charge in [0.15, 0.2) is 0 Å². The van der Waals surface area contributed by atoms with Crippen molar-refractivity contribution in [2.75, 3.05) is 25.6 Å². The lowest BCUT2D eigenvalue weighted by atomic mass is 10.2. The van der Waals surface area contributed by atoms with Gasteiger partial charge in [0.2, 0.25) is 0 Å². The van der Waals surface area contributed by atoms with Gasteiger partial charge >= 0.3 is 0 Å². The van der Waals surface area contributed by atoms with Crippen LogP contribution in [0.2, 0.25) is 5.02 Å². The lowest BCUT2D eigenvalue weighted by Gasteiger charge is -2.20. The molecule has 1 rings (SSSR count). The van der Waals surface area contributed by atoms with Crippen molar-refractivity contribution in [3.05, 3.63) is 23.2 Å². The summed E-state index contributed by atoms with van der Waals surface area (Å²) >= 11 is 5.90. The number of methoxy groups -OCH3 is 1. The van der Waals surface area contributed by atoms with Crippen LogP contribution in [0.15, 0.2) is 18.2 Å². The van der Waals surface area contributed by atoms with Gasteiger partial charge in [-0.2, -0.15) is 5.26 Å². The highest BCUT2D eigenvalue weighted by atomic mass is 35.5. The Morgan fingerprint density at radius 2 is 2.27 bits per heavy atom. The Kier molecular flexibility index (Phi) is 4.26. The third-order valence-corrected chi connectivity index (χ3v) is 2.35. The molecule has 4 heteroatoms. The minimum atomic E-state index is 0.478. The van der Waals surface area contributed by atoms with Crippen LogP contribution in [0.4, 0.5) is 5.69 Å². The lowest BCUT2D eigenvalue weighted by Crippen LogP contribution is -2.18. The summed E-state index contributed by atoms with van der Waals surface area (Å²) in [5, 5.41) is 9.17. The number of nitriles is 1. The normalized spacial score (nSPS) is 9.47. The van der Waals surface area contributed by atoms with Gasteiger partial charge in [0.1, 0.15) is 5.75 Å². The highest BCUT2D eigenvalue weighted by Gasteiger charge is 2.08. The predicted octanol–water partition coefficient (Wildman–Crippen LogP) is 2.70. The highest BCUT2D eigenvalue weighted by molar-refractivity contribution is 6.30. The first kappa shape index (κ1) is 11.7. The summed E-state index contributed by atoms with van der Waals surface area (Å²) < 4.78 is 5.22. The van der Waals surface area contributed by atoms with E-state index in [-0.39, 0.29) is 0 Å². The summed E-state index contributed by atoms with van der Waals surface area (Å²) in [5.74, 6) is 0.764. The lowest BCUT2D eigenvalue weighted by molar-refractivity contribution is 0.415. The Morgan fingerprint density at radius 1 is 1.53 bits per heavy atom. The predicted molar refractivity (Wildman–Crippen MR) is 61.5 cm³/mol. The van der Waals surface area contributed by atoms with E-state index in [1.54, 1.807) is 13.2 Å². The van der Waals surface area contributed by atoms with Gasteiger partial charge in [-0.25, -0.2) is 0 Å². The number of ether oxygens (including phenoxy) is 1. The zero-order valence-corrected chi connectivity index (χ0v) is 9.58. The van der Waals surface area contributed by atoms with Crippen LogP contribution in [0, 0.1) is 11.3 Å². The maximum atomic E-state index is 8.51. The zero-order chi connectivity index (χ0) is 11.3. The fraction of sp³-hybridized carbons (Fsp3) is 0.364. The van der Waals surface area contributed by atoms with Gasteiger partial charge in [0, 0.05) is 18.6 Å². The molecule has 0 unspecified atom stereocenters. The molecule has 3 nitrogen and oxygen atoms in total. The molecule has 0 spiro atoms. The molecule has 0 fully saturated rings. The molecule has 0 N–H and O–H groups in total.